The Kier molecular flexibility index (Phi) is 2.43. The van der Waals surface area contributed by atoms with Crippen LogP contribution in [-0.4, -0.2) is 23.1 Å². The first-order chi connectivity index (χ1) is 7.75. The molecule has 3 rings (SSSR count). The summed E-state index contributed by atoms with van der Waals surface area (Å²) in [6.45, 7) is 6.52. The van der Waals surface area contributed by atoms with Gasteiger partial charge in [0.1, 0.15) is 5.82 Å². The lowest BCUT2D eigenvalue weighted by Crippen LogP contribution is -2.12. The average Bonchev–Trinajstić information content (AvgIpc) is 2.96. The summed E-state index contributed by atoms with van der Waals surface area (Å²) in [7, 11) is 0. The van der Waals surface area contributed by atoms with E-state index >= 15 is 0 Å². The lowest BCUT2D eigenvalue weighted by molar-refractivity contribution is 0.721. The molecule has 0 amide bonds. The van der Waals surface area contributed by atoms with E-state index in [2.05, 4.69) is 19.2 Å². The topological polar surface area (TPSA) is 37.8 Å². The van der Waals surface area contributed by atoms with Crippen molar-refractivity contribution in [1.82, 2.24) is 15.3 Å². The van der Waals surface area contributed by atoms with Crippen molar-refractivity contribution in [3.05, 3.63) is 22.8 Å². The van der Waals surface area contributed by atoms with Crippen LogP contribution in [0.3, 0.4) is 0 Å². The third-order valence-corrected chi connectivity index (χ3v) is 3.76. The van der Waals surface area contributed by atoms with E-state index < -0.39 is 0 Å². The normalized spacial score (nSPS) is 25.0. The number of hydrogen-bond acceptors (Lipinski definition) is 3. The maximum Gasteiger partial charge on any atom is 0.131 e. The van der Waals surface area contributed by atoms with Gasteiger partial charge < -0.3 is 5.32 Å². The van der Waals surface area contributed by atoms with Gasteiger partial charge in [-0.15, -0.1) is 0 Å². The zero-order valence-corrected chi connectivity index (χ0v) is 10.1. The van der Waals surface area contributed by atoms with Crippen LogP contribution in [0.1, 0.15) is 53.9 Å². The Labute approximate surface area is 96.7 Å². The summed E-state index contributed by atoms with van der Waals surface area (Å²) in [5, 5.41) is 3.42. The molecule has 0 aromatic carbocycles. The third kappa shape index (κ3) is 1.73. The molecule has 1 aliphatic heterocycles. The van der Waals surface area contributed by atoms with Gasteiger partial charge in [0.05, 0.1) is 0 Å². The van der Waals surface area contributed by atoms with Gasteiger partial charge in [-0.3, -0.25) is 0 Å². The minimum atomic E-state index is 0.633. The first kappa shape index (κ1) is 10.2. The molecule has 2 aliphatic rings. The van der Waals surface area contributed by atoms with Crippen molar-refractivity contribution in [1.29, 1.82) is 0 Å². The molecule has 2 fully saturated rings. The quantitative estimate of drug-likeness (QED) is 0.824. The molecule has 1 saturated carbocycles. The van der Waals surface area contributed by atoms with E-state index in [0.717, 1.165) is 18.9 Å². The Morgan fingerprint density at radius 3 is 2.19 bits per heavy atom. The molecule has 3 nitrogen and oxygen atoms in total. The first-order valence-electron chi connectivity index (χ1n) is 6.31. The molecule has 86 valence electrons. The molecule has 0 radical (unpaired) electrons. The highest BCUT2D eigenvalue weighted by Gasteiger charge is 2.29. The zero-order valence-electron chi connectivity index (χ0n) is 10.1. The SMILES string of the molecule is Cc1nc(C2CC2)nc(C)c1C1CCNC1. The van der Waals surface area contributed by atoms with E-state index in [-0.39, 0.29) is 0 Å². The van der Waals surface area contributed by atoms with E-state index in [1.54, 1.807) is 0 Å². The first-order valence-corrected chi connectivity index (χ1v) is 6.31. The van der Waals surface area contributed by atoms with Crippen molar-refractivity contribution in [3.63, 3.8) is 0 Å². The highest BCUT2D eigenvalue weighted by molar-refractivity contribution is 5.30. The molecule has 0 spiro atoms. The van der Waals surface area contributed by atoms with Gasteiger partial charge in [0.15, 0.2) is 0 Å². The van der Waals surface area contributed by atoms with Crippen molar-refractivity contribution in [3.8, 4) is 0 Å². The summed E-state index contributed by atoms with van der Waals surface area (Å²) < 4.78 is 0. The van der Waals surface area contributed by atoms with Crippen LogP contribution in [-0.2, 0) is 0 Å². The molecule has 1 aromatic rings. The number of aromatic nitrogens is 2. The van der Waals surface area contributed by atoms with Gasteiger partial charge in [0, 0.05) is 29.8 Å². The second kappa shape index (κ2) is 3.81. The van der Waals surface area contributed by atoms with Crippen LogP contribution >= 0.6 is 0 Å². The Hall–Kier alpha value is -0.960. The van der Waals surface area contributed by atoms with Gasteiger partial charge in [0.25, 0.3) is 0 Å². The Bertz CT molecular complexity index is 381. The minimum absolute atomic E-state index is 0.633. The summed E-state index contributed by atoms with van der Waals surface area (Å²) in [5.41, 5.74) is 3.82. The summed E-state index contributed by atoms with van der Waals surface area (Å²) in [6, 6.07) is 0. The minimum Gasteiger partial charge on any atom is -0.316 e. The van der Waals surface area contributed by atoms with E-state index in [4.69, 9.17) is 9.97 Å². The fraction of sp³-hybridized carbons (Fsp3) is 0.692. The molecular formula is C13H19N3. The van der Waals surface area contributed by atoms with Crippen LogP contribution < -0.4 is 5.32 Å². The largest absolute Gasteiger partial charge is 0.316 e. The number of nitrogens with one attached hydrogen (secondary N) is 1. The molecule has 1 N–H and O–H groups in total. The summed E-state index contributed by atoms with van der Waals surface area (Å²) in [6.07, 6.45) is 3.79. The van der Waals surface area contributed by atoms with Crippen molar-refractivity contribution < 1.29 is 0 Å². The number of nitrogens with zero attached hydrogens (tertiary/aromatic N) is 2. The lowest BCUT2D eigenvalue weighted by Gasteiger charge is -2.15. The second-order valence-corrected chi connectivity index (χ2v) is 5.13. The molecule has 1 aromatic heterocycles. The highest BCUT2D eigenvalue weighted by atomic mass is 14.9. The third-order valence-electron chi connectivity index (χ3n) is 3.76. The molecule has 1 saturated heterocycles. The zero-order chi connectivity index (χ0) is 11.1. The molecule has 1 unspecified atom stereocenters. The second-order valence-electron chi connectivity index (χ2n) is 5.13. The van der Waals surface area contributed by atoms with Crippen LogP contribution in [0, 0.1) is 13.8 Å². The fourth-order valence-corrected chi connectivity index (χ4v) is 2.77. The summed E-state index contributed by atoms with van der Waals surface area (Å²) >= 11 is 0. The standard InChI is InChI=1S/C13H19N3/c1-8-12(11-5-6-14-7-11)9(2)16-13(15-8)10-3-4-10/h10-11,14H,3-7H2,1-2H3. The van der Waals surface area contributed by atoms with Crippen LogP contribution in [0.4, 0.5) is 0 Å². The molecule has 3 heteroatoms. The van der Waals surface area contributed by atoms with Crippen LogP contribution in [0.5, 0.6) is 0 Å². The maximum absolute atomic E-state index is 4.70. The fourth-order valence-electron chi connectivity index (χ4n) is 2.77. The van der Waals surface area contributed by atoms with Gasteiger partial charge >= 0.3 is 0 Å². The Morgan fingerprint density at radius 1 is 1.00 bits per heavy atom. The van der Waals surface area contributed by atoms with E-state index in [0.29, 0.717) is 11.8 Å². The average molecular weight is 217 g/mol. The van der Waals surface area contributed by atoms with E-state index in [1.807, 2.05) is 0 Å². The van der Waals surface area contributed by atoms with Crippen molar-refractivity contribution in [2.75, 3.05) is 13.1 Å². The summed E-state index contributed by atoms with van der Waals surface area (Å²) in [4.78, 5) is 9.40. The lowest BCUT2D eigenvalue weighted by atomic mass is 9.95. The number of hydrogen-bond donors (Lipinski definition) is 1. The summed E-state index contributed by atoms with van der Waals surface area (Å²) in [5.74, 6) is 2.38. The van der Waals surface area contributed by atoms with Gasteiger partial charge in [-0.2, -0.15) is 0 Å². The molecule has 16 heavy (non-hydrogen) atoms. The Balaban J connectivity index is 1.97. The van der Waals surface area contributed by atoms with Crippen LogP contribution in [0.25, 0.3) is 0 Å². The number of aryl methyl sites for hydroxylation is 2. The molecule has 0 bridgehead atoms. The Morgan fingerprint density at radius 2 is 1.69 bits per heavy atom. The smallest absolute Gasteiger partial charge is 0.131 e. The molecule has 1 aliphatic carbocycles. The maximum atomic E-state index is 4.70. The van der Waals surface area contributed by atoms with E-state index in [1.165, 1.54) is 36.2 Å². The van der Waals surface area contributed by atoms with Gasteiger partial charge in [-0.05, 0) is 45.2 Å². The molecular weight excluding hydrogens is 198 g/mol. The predicted molar refractivity (Wildman–Crippen MR) is 63.7 cm³/mol. The number of rotatable bonds is 2. The van der Waals surface area contributed by atoms with Gasteiger partial charge in [-0.25, -0.2) is 9.97 Å². The van der Waals surface area contributed by atoms with Crippen molar-refractivity contribution >= 4 is 0 Å². The predicted octanol–water partition coefficient (Wildman–Crippen LogP) is 2.05. The monoisotopic (exact) mass is 217 g/mol. The van der Waals surface area contributed by atoms with Crippen LogP contribution in [0.2, 0.25) is 0 Å². The van der Waals surface area contributed by atoms with Crippen LogP contribution in [0.15, 0.2) is 0 Å². The van der Waals surface area contributed by atoms with E-state index in [9.17, 15) is 0 Å². The highest BCUT2D eigenvalue weighted by Crippen LogP contribution is 2.39. The molecule has 1 atom stereocenters. The molecule has 2 heterocycles. The van der Waals surface area contributed by atoms with Crippen molar-refractivity contribution in [2.24, 2.45) is 0 Å². The van der Waals surface area contributed by atoms with Gasteiger partial charge in [0.2, 0.25) is 0 Å². The van der Waals surface area contributed by atoms with Crippen molar-refractivity contribution in [2.45, 2.75) is 44.9 Å². The van der Waals surface area contributed by atoms with Gasteiger partial charge in [-0.1, -0.05) is 0 Å².